The molecule has 120 valence electrons. The molecule has 0 unspecified atom stereocenters. The molecule has 2 aromatic rings. The molecule has 0 aliphatic rings. The molecule has 0 fully saturated rings. The fraction of sp³-hybridized carbons (Fsp3) is 0.222. The molecule has 0 bridgehead atoms. The minimum Gasteiger partial charge on any atom is -0.449 e. The average Bonchev–Trinajstić information content (AvgIpc) is 2.51. The summed E-state index contributed by atoms with van der Waals surface area (Å²) < 4.78 is 5.25. The molecule has 0 aromatic heterocycles. The Hall–Kier alpha value is -2.33. The smallest absolute Gasteiger partial charge is 0.339 e. The second-order valence-electron chi connectivity index (χ2n) is 5.36. The summed E-state index contributed by atoms with van der Waals surface area (Å²) in [5, 5.41) is 3.26. The number of rotatable bonds is 4. The highest BCUT2D eigenvalue weighted by Crippen LogP contribution is 2.15. The average molecular weight is 332 g/mol. The summed E-state index contributed by atoms with van der Waals surface area (Å²) in [5.74, 6) is -0.907. The summed E-state index contributed by atoms with van der Waals surface area (Å²) in [7, 11) is 0. The van der Waals surface area contributed by atoms with Crippen molar-refractivity contribution in [3.8, 4) is 0 Å². The van der Waals surface area contributed by atoms with Crippen LogP contribution >= 0.6 is 11.6 Å². The summed E-state index contributed by atoms with van der Waals surface area (Å²) >= 11 is 5.79. The van der Waals surface area contributed by atoms with Crippen molar-refractivity contribution in [1.82, 2.24) is 0 Å². The Morgan fingerprint density at radius 1 is 1.09 bits per heavy atom. The highest BCUT2D eigenvalue weighted by atomic mass is 35.5. The quantitative estimate of drug-likeness (QED) is 0.857. The van der Waals surface area contributed by atoms with Gasteiger partial charge in [-0.3, -0.25) is 4.79 Å². The summed E-state index contributed by atoms with van der Waals surface area (Å²) in [6.45, 7) is 5.26. The third-order valence-corrected chi connectivity index (χ3v) is 3.63. The first kappa shape index (κ1) is 17.0. The molecule has 0 saturated carbocycles. The van der Waals surface area contributed by atoms with Gasteiger partial charge in [-0.25, -0.2) is 4.79 Å². The van der Waals surface area contributed by atoms with Crippen molar-refractivity contribution in [2.75, 3.05) is 5.32 Å². The molecule has 1 amide bonds. The molecule has 0 saturated heterocycles. The van der Waals surface area contributed by atoms with Crippen molar-refractivity contribution >= 4 is 29.2 Å². The molecule has 4 nitrogen and oxygen atoms in total. The van der Waals surface area contributed by atoms with E-state index in [1.165, 1.54) is 6.92 Å². The number of carbonyl (C=O) groups excluding carboxylic acids is 2. The molecule has 0 spiro atoms. The molecule has 0 radical (unpaired) electrons. The lowest BCUT2D eigenvalue weighted by Crippen LogP contribution is -2.30. The number of anilines is 1. The molecule has 23 heavy (non-hydrogen) atoms. The Kier molecular flexibility index (Phi) is 5.40. The van der Waals surface area contributed by atoms with Crippen LogP contribution in [0.5, 0.6) is 0 Å². The standard InChI is InChI=1S/C18H18ClNO3/c1-11-4-5-12(2)16(10-11)18(22)23-13(3)17(21)20-15-8-6-14(19)7-9-15/h4-10,13H,1-3H3,(H,20,21)/t13-/m0/s1. The van der Waals surface area contributed by atoms with Crippen LogP contribution in [-0.2, 0) is 9.53 Å². The highest BCUT2D eigenvalue weighted by molar-refractivity contribution is 6.30. The van der Waals surface area contributed by atoms with Crippen LogP contribution in [0.25, 0.3) is 0 Å². The van der Waals surface area contributed by atoms with E-state index in [0.717, 1.165) is 11.1 Å². The number of halogens is 1. The van der Waals surface area contributed by atoms with Gasteiger partial charge in [-0.15, -0.1) is 0 Å². The van der Waals surface area contributed by atoms with Gasteiger partial charge in [0, 0.05) is 10.7 Å². The number of nitrogens with one attached hydrogen (secondary N) is 1. The van der Waals surface area contributed by atoms with Gasteiger partial charge < -0.3 is 10.1 Å². The fourth-order valence-corrected chi connectivity index (χ4v) is 2.14. The first-order chi connectivity index (χ1) is 10.9. The molecule has 0 aliphatic carbocycles. The first-order valence-electron chi connectivity index (χ1n) is 7.21. The van der Waals surface area contributed by atoms with Gasteiger partial charge in [-0.1, -0.05) is 29.3 Å². The van der Waals surface area contributed by atoms with Crippen LogP contribution in [0, 0.1) is 13.8 Å². The van der Waals surface area contributed by atoms with Crippen molar-refractivity contribution in [3.63, 3.8) is 0 Å². The van der Waals surface area contributed by atoms with E-state index in [9.17, 15) is 9.59 Å². The molecule has 0 aliphatic heterocycles. The summed E-state index contributed by atoms with van der Waals surface area (Å²) in [5.41, 5.74) is 2.83. The van der Waals surface area contributed by atoms with Crippen LogP contribution in [0.2, 0.25) is 5.02 Å². The van der Waals surface area contributed by atoms with Gasteiger partial charge in [0.25, 0.3) is 5.91 Å². The molecule has 2 rings (SSSR count). The van der Waals surface area contributed by atoms with E-state index in [1.807, 2.05) is 26.0 Å². The van der Waals surface area contributed by atoms with Crippen molar-refractivity contribution in [2.24, 2.45) is 0 Å². The predicted molar refractivity (Wildman–Crippen MR) is 90.9 cm³/mol. The van der Waals surface area contributed by atoms with E-state index in [1.54, 1.807) is 30.3 Å². The van der Waals surface area contributed by atoms with Gasteiger partial charge in [0.1, 0.15) is 0 Å². The summed E-state index contributed by atoms with van der Waals surface area (Å²) in [4.78, 5) is 24.3. The van der Waals surface area contributed by atoms with Gasteiger partial charge in [-0.05, 0) is 56.7 Å². The Balaban J connectivity index is 2.01. The number of aryl methyl sites for hydroxylation is 2. The Morgan fingerprint density at radius 2 is 1.74 bits per heavy atom. The van der Waals surface area contributed by atoms with Gasteiger partial charge in [-0.2, -0.15) is 0 Å². The number of hydrogen-bond acceptors (Lipinski definition) is 3. The lowest BCUT2D eigenvalue weighted by molar-refractivity contribution is -0.123. The molecular weight excluding hydrogens is 314 g/mol. The second-order valence-corrected chi connectivity index (χ2v) is 5.80. The number of ether oxygens (including phenoxy) is 1. The minimum absolute atomic E-state index is 0.397. The maximum Gasteiger partial charge on any atom is 0.339 e. The highest BCUT2D eigenvalue weighted by Gasteiger charge is 2.20. The van der Waals surface area contributed by atoms with E-state index in [2.05, 4.69) is 5.32 Å². The normalized spacial score (nSPS) is 11.7. The van der Waals surface area contributed by atoms with E-state index in [-0.39, 0.29) is 0 Å². The van der Waals surface area contributed by atoms with Gasteiger partial charge in [0.15, 0.2) is 6.10 Å². The minimum atomic E-state index is -0.905. The maximum absolute atomic E-state index is 12.2. The van der Waals surface area contributed by atoms with E-state index >= 15 is 0 Å². The monoisotopic (exact) mass is 331 g/mol. The van der Waals surface area contributed by atoms with E-state index < -0.39 is 18.0 Å². The molecule has 1 N–H and O–H groups in total. The van der Waals surface area contributed by atoms with Crippen LogP contribution in [0.1, 0.15) is 28.4 Å². The lowest BCUT2D eigenvalue weighted by atomic mass is 10.1. The van der Waals surface area contributed by atoms with E-state index in [4.69, 9.17) is 16.3 Å². The van der Waals surface area contributed by atoms with Crippen molar-refractivity contribution < 1.29 is 14.3 Å². The summed E-state index contributed by atoms with van der Waals surface area (Å²) in [6, 6.07) is 12.2. The first-order valence-corrected chi connectivity index (χ1v) is 7.59. The summed E-state index contributed by atoms with van der Waals surface area (Å²) in [6.07, 6.45) is -0.905. The fourth-order valence-electron chi connectivity index (χ4n) is 2.01. The van der Waals surface area contributed by atoms with Crippen LogP contribution < -0.4 is 5.32 Å². The van der Waals surface area contributed by atoms with Crippen LogP contribution in [0.15, 0.2) is 42.5 Å². The van der Waals surface area contributed by atoms with Gasteiger partial charge in [0.2, 0.25) is 0 Å². The van der Waals surface area contributed by atoms with Crippen LogP contribution in [-0.4, -0.2) is 18.0 Å². The number of amides is 1. The largest absolute Gasteiger partial charge is 0.449 e. The predicted octanol–water partition coefficient (Wildman–Crippen LogP) is 4.14. The van der Waals surface area contributed by atoms with Crippen molar-refractivity contribution in [2.45, 2.75) is 26.9 Å². The number of hydrogen-bond donors (Lipinski definition) is 1. The molecule has 2 aromatic carbocycles. The SMILES string of the molecule is Cc1ccc(C)c(C(=O)O[C@@H](C)C(=O)Nc2ccc(Cl)cc2)c1. The Labute approximate surface area is 140 Å². The molecule has 5 heteroatoms. The zero-order chi connectivity index (χ0) is 17.0. The zero-order valence-electron chi connectivity index (χ0n) is 13.2. The Bertz CT molecular complexity index is 726. The van der Waals surface area contributed by atoms with Gasteiger partial charge in [0.05, 0.1) is 5.56 Å². The zero-order valence-corrected chi connectivity index (χ0v) is 14.0. The third-order valence-electron chi connectivity index (χ3n) is 3.38. The molecular formula is C18H18ClNO3. The number of carbonyl (C=O) groups is 2. The lowest BCUT2D eigenvalue weighted by Gasteiger charge is -2.14. The number of benzene rings is 2. The molecule has 0 heterocycles. The van der Waals surface area contributed by atoms with Crippen LogP contribution in [0.4, 0.5) is 5.69 Å². The topological polar surface area (TPSA) is 55.4 Å². The molecule has 1 atom stereocenters. The van der Waals surface area contributed by atoms with Crippen molar-refractivity contribution in [1.29, 1.82) is 0 Å². The van der Waals surface area contributed by atoms with Crippen LogP contribution in [0.3, 0.4) is 0 Å². The third kappa shape index (κ3) is 4.57. The maximum atomic E-state index is 12.2. The number of esters is 1. The van der Waals surface area contributed by atoms with Gasteiger partial charge >= 0.3 is 5.97 Å². The Morgan fingerprint density at radius 3 is 2.39 bits per heavy atom. The van der Waals surface area contributed by atoms with E-state index in [0.29, 0.717) is 16.3 Å². The van der Waals surface area contributed by atoms with Crippen molar-refractivity contribution in [3.05, 3.63) is 64.2 Å². The second kappa shape index (κ2) is 7.29.